The van der Waals surface area contributed by atoms with Crippen LogP contribution in [-0.4, -0.2) is 70.0 Å². The Bertz CT molecular complexity index is 990. The zero-order valence-corrected chi connectivity index (χ0v) is 16.1. The fourth-order valence-corrected chi connectivity index (χ4v) is 3.88. The minimum Gasteiger partial charge on any atom is -0.456 e. The minimum absolute atomic E-state index is 0.0433. The monoisotopic (exact) mass is 405 g/mol. The third-order valence-electron chi connectivity index (χ3n) is 5.02. The number of nitrogens with zero attached hydrogens (tertiary/aromatic N) is 4. The lowest BCUT2D eigenvalue weighted by Crippen LogP contribution is -2.32. The van der Waals surface area contributed by atoms with Crippen LogP contribution in [0.15, 0.2) is 18.5 Å². The van der Waals surface area contributed by atoms with Crippen molar-refractivity contribution < 1.29 is 18.9 Å². The van der Waals surface area contributed by atoms with E-state index in [1.807, 2.05) is 6.20 Å². The average Bonchev–Trinajstić information content (AvgIpc) is 3.44. The Hall–Kier alpha value is -2.20. The Balaban J connectivity index is 1.39. The summed E-state index contributed by atoms with van der Waals surface area (Å²) in [5.74, 6) is 0. The molecule has 3 aromatic rings. The molecule has 2 aliphatic rings. The number of aromatic nitrogens is 5. The second-order valence-corrected chi connectivity index (χ2v) is 7.28. The molecule has 10 heteroatoms. The molecular weight excluding hydrogens is 386 g/mol. The van der Waals surface area contributed by atoms with Crippen molar-refractivity contribution >= 4 is 22.8 Å². The highest BCUT2D eigenvalue weighted by molar-refractivity contribution is 6.33. The predicted molar refractivity (Wildman–Crippen MR) is 101 cm³/mol. The summed E-state index contributed by atoms with van der Waals surface area (Å²) in [7, 11) is 1.66. The number of fused-ring (bicyclic) bond motifs is 2. The first-order chi connectivity index (χ1) is 13.7. The second kappa shape index (κ2) is 7.32. The summed E-state index contributed by atoms with van der Waals surface area (Å²) in [4.78, 5) is 12.2. The van der Waals surface area contributed by atoms with Crippen molar-refractivity contribution in [2.24, 2.45) is 0 Å². The molecule has 2 saturated heterocycles. The molecular formula is C18H20ClN5O4. The van der Waals surface area contributed by atoms with Gasteiger partial charge >= 0.3 is 0 Å². The van der Waals surface area contributed by atoms with E-state index in [2.05, 4.69) is 20.1 Å². The molecule has 148 valence electrons. The maximum Gasteiger partial charge on any atom is 0.296 e. The SMILES string of the molecule is COCCn1cc(-c2nc3nc(O[C@@H]4CO[C@@H]5CCO[C@@H]54)[nH]c3cc2Cl)cn1. The molecule has 0 aliphatic carbocycles. The molecule has 3 aromatic heterocycles. The highest BCUT2D eigenvalue weighted by Crippen LogP contribution is 2.31. The molecule has 0 unspecified atom stereocenters. The smallest absolute Gasteiger partial charge is 0.296 e. The Morgan fingerprint density at radius 1 is 1.36 bits per heavy atom. The van der Waals surface area contributed by atoms with Gasteiger partial charge in [0.15, 0.2) is 11.8 Å². The van der Waals surface area contributed by atoms with Gasteiger partial charge in [-0.3, -0.25) is 4.68 Å². The Kier molecular flexibility index (Phi) is 4.67. The van der Waals surface area contributed by atoms with E-state index in [0.29, 0.717) is 54.3 Å². The number of aromatic amines is 1. The van der Waals surface area contributed by atoms with Gasteiger partial charge < -0.3 is 23.9 Å². The summed E-state index contributed by atoms with van der Waals surface area (Å²) in [6, 6.07) is 2.18. The van der Waals surface area contributed by atoms with Gasteiger partial charge in [-0.1, -0.05) is 11.6 Å². The topological polar surface area (TPSA) is 96.3 Å². The van der Waals surface area contributed by atoms with Crippen molar-refractivity contribution in [2.45, 2.75) is 31.3 Å². The standard InChI is InChI=1S/C18H20ClN5O4/c1-25-5-3-24-8-10(7-20-24)15-11(19)6-12-17(22-15)23-18(21-12)28-14-9-27-13-2-4-26-16(13)14/h6-8,13-14,16H,2-5,9H2,1H3,(H,21,22,23)/t13-,14-,16+/m1/s1. The van der Waals surface area contributed by atoms with Crippen molar-refractivity contribution in [1.29, 1.82) is 0 Å². The van der Waals surface area contributed by atoms with E-state index in [0.717, 1.165) is 12.0 Å². The van der Waals surface area contributed by atoms with E-state index >= 15 is 0 Å². The van der Waals surface area contributed by atoms with Crippen LogP contribution in [0.25, 0.3) is 22.4 Å². The molecule has 0 radical (unpaired) electrons. The molecule has 5 rings (SSSR count). The molecule has 0 amide bonds. The zero-order valence-electron chi connectivity index (χ0n) is 15.3. The van der Waals surface area contributed by atoms with Crippen LogP contribution in [0.4, 0.5) is 0 Å². The van der Waals surface area contributed by atoms with Gasteiger partial charge in [-0.25, -0.2) is 4.98 Å². The Labute approximate surface area is 165 Å². The van der Waals surface area contributed by atoms with Crippen molar-refractivity contribution in [2.75, 3.05) is 26.9 Å². The molecule has 0 spiro atoms. The first-order valence-electron chi connectivity index (χ1n) is 9.19. The van der Waals surface area contributed by atoms with Gasteiger partial charge in [-0.05, 0) is 12.5 Å². The van der Waals surface area contributed by atoms with Gasteiger partial charge in [0.25, 0.3) is 6.01 Å². The molecule has 9 nitrogen and oxygen atoms in total. The Morgan fingerprint density at radius 2 is 2.29 bits per heavy atom. The van der Waals surface area contributed by atoms with E-state index in [1.165, 1.54) is 0 Å². The molecule has 2 aliphatic heterocycles. The molecule has 5 heterocycles. The molecule has 2 fully saturated rings. The maximum absolute atomic E-state index is 6.45. The fraction of sp³-hybridized carbons (Fsp3) is 0.500. The highest BCUT2D eigenvalue weighted by Gasteiger charge is 2.43. The lowest BCUT2D eigenvalue weighted by molar-refractivity contribution is 0.0273. The summed E-state index contributed by atoms with van der Waals surface area (Å²) in [6.07, 6.45) is 4.41. The number of rotatable bonds is 6. The van der Waals surface area contributed by atoms with Crippen molar-refractivity contribution in [3.05, 3.63) is 23.5 Å². The fourth-order valence-electron chi connectivity index (χ4n) is 3.62. The third-order valence-corrected chi connectivity index (χ3v) is 5.31. The number of pyridine rings is 1. The van der Waals surface area contributed by atoms with E-state index in [-0.39, 0.29) is 18.3 Å². The number of methoxy groups -OCH3 is 1. The van der Waals surface area contributed by atoms with Crippen molar-refractivity contribution in [3.8, 4) is 17.3 Å². The average molecular weight is 406 g/mol. The zero-order chi connectivity index (χ0) is 19.1. The molecule has 3 atom stereocenters. The van der Waals surface area contributed by atoms with E-state index in [4.69, 9.17) is 30.5 Å². The van der Waals surface area contributed by atoms with Crippen LogP contribution in [0.3, 0.4) is 0 Å². The van der Waals surface area contributed by atoms with Crippen LogP contribution in [0.1, 0.15) is 6.42 Å². The number of H-pyrrole nitrogens is 1. The first-order valence-corrected chi connectivity index (χ1v) is 9.57. The third kappa shape index (κ3) is 3.24. The van der Waals surface area contributed by atoms with E-state index in [1.54, 1.807) is 24.1 Å². The van der Waals surface area contributed by atoms with Gasteiger partial charge in [-0.2, -0.15) is 10.1 Å². The van der Waals surface area contributed by atoms with Crippen molar-refractivity contribution in [3.63, 3.8) is 0 Å². The number of hydrogen-bond donors (Lipinski definition) is 1. The predicted octanol–water partition coefficient (Wildman–Crippen LogP) is 2.06. The van der Waals surface area contributed by atoms with Crippen LogP contribution in [-0.2, 0) is 20.8 Å². The maximum atomic E-state index is 6.45. The lowest BCUT2D eigenvalue weighted by Gasteiger charge is -2.15. The normalized spacial score (nSPS) is 24.1. The van der Waals surface area contributed by atoms with Crippen molar-refractivity contribution in [1.82, 2.24) is 24.7 Å². The van der Waals surface area contributed by atoms with Gasteiger partial charge in [-0.15, -0.1) is 0 Å². The minimum atomic E-state index is -0.179. The summed E-state index contributed by atoms with van der Waals surface area (Å²) < 4.78 is 24.3. The van der Waals surface area contributed by atoms with Gasteiger partial charge in [0.05, 0.1) is 48.3 Å². The molecule has 0 bridgehead atoms. The summed E-state index contributed by atoms with van der Waals surface area (Å²) >= 11 is 6.45. The van der Waals surface area contributed by atoms with E-state index < -0.39 is 0 Å². The van der Waals surface area contributed by atoms with Crippen LogP contribution >= 0.6 is 11.6 Å². The van der Waals surface area contributed by atoms with Crippen LogP contribution < -0.4 is 4.74 Å². The quantitative estimate of drug-likeness (QED) is 0.670. The number of hydrogen-bond acceptors (Lipinski definition) is 7. The Morgan fingerprint density at radius 3 is 3.18 bits per heavy atom. The highest BCUT2D eigenvalue weighted by atomic mass is 35.5. The number of imidazole rings is 1. The van der Waals surface area contributed by atoms with Gasteiger partial charge in [0.2, 0.25) is 0 Å². The second-order valence-electron chi connectivity index (χ2n) is 6.87. The first kappa shape index (κ1) is 17.9. The molecule has 0 aromatic carbocycles. The summed E-state index contributed by atoms with van der Waals surface area (Å²) in [6.45, 7) is 2.43. The van der Waals surface area contributed by atoms with Gasteiger partial charge in [0, 0.05) is 25.5 Å². The molecule has 0 saturated carbocycles. The van der Waals surface area contributed by atoms with Crippen LogP contribution in [0.2, 0.25) is 5.02 Å². The largest absolute Gasteiger partial charge is 0.456 e. The molecule has 28 heavy (non-hydrogen) atoms. The number of halogens is 1. The summed E-state index contributed by atoms with van der Waals surface area (Å²) in [5.41, 5.74) is 2.68. The van der Waals surface area contributed by atoms with E-state index in [9.17, 15) is 0 Å². The lowest BCUT2D eigenvalue weighted by atomic mass is 10.1. The summed E-state index contributed by atoms with van der Waals surface area (Å²) in [5, 5.41) is 4.82. The number of ether oxygens (including phenoxy) is 4. The van der Waals surface area contributed by atoms with Crippen LogP contribution in [0, 0.1) is 0 Å². The van der Waals surface area contributed by atoms with Crippen LogP contribution in [0.5, 0.6) is 6.01 Å². The number of nitrogens with one attached hydrogen (secondary N) is 1. The molecule has 1 N–H and O–H groups in total. The van der Waals surface area contributed by atoms with Gasteiger partial charge in [0.1, 0.15) is 6.10 Å².